The molecule has 5 nitrogen and oxygen atoms in total. The molecular formula is C14H21N3O2. The molecule has 1 aliphatic rings. The summed E-state index contributed by atoms with van der Waals surface area (Å²) in [5.41, 5.74) is 1.48. The lowest BCUT2D eigenvalue weighted by Gasteiger charge is -2.23. The van der Waals surface area contributed by atoms with Crippen molar-refractivity contribution in [1.29, 1.82) is 0 Å². The molecule has 2 N–H and O–H groups in total. The first-order chi connectivity index (χ1) is 9.08. The van der Waals surface area contributed by atoms with Gasteiger partial charge >= 0.3 is 0 Å². The Bertz CT molecular complexity index is 460. The number of nitrogens with one attached hydrogen (secondary N) is 2. The van der Waals surface area contributed by atoms with Crippen LogP contribution < -0.4 is 15.4 Å². The third-order valence-corrected chi connectivity index (χ3v) is 2.94. The van der Waals surface area contributed by atoms with Crippen molar-refractivity contribution in [2.45, 2.75) is 13.0 Å². The minimum Gasteiger partial charge on any atom is -0.489 e. The molecule has 1 atom stereocenters. The first-order valence-electron chi connectivity index (χ1n) is 6.53. The number of hydrogen-bond donors (Lipinski definition) is 2. The second kappa shape index (κ2) is 5.93. The van der Waals surface area contributed by atoms with Gasteiger partial charge in [-0.25, -0.2) is 0 Å². The van der Waals surface area contributed by atoms with Gasteiger partial charge in [0.05, 0.1) is 11.3 Å². The predicted molar refractivity (Wildman–Crippen MR) is 75.9 cm³/mol. The van der Waals surface area contributed by atoms with Crippen LogP contribution in [0, 0.1) is 0 Å². The number of anilines is 1. The molecule has 1 aliphatic heterocycles. The highest BCUT2D eigenvalue weighted by Gasteiger charge is 2.20. The van der Waals surface area contributed by atoms with Gasteiger partial charge in [-0.15, -0.1) is 0 Å². The maximum atomic E-state index is 12.3. The van der Waals surface area contributed by atoms with Crippen LogP contribution in [0.3, 0.4) is 0 Å². The number of likely N-dealkylation sites (N-methyl/N-ethyl adjacent to an activating group) is 1. The highest BCUT2D eigenvalue weighted by Crippen LogP contribution is 2.31. The molecule has 0 radical (unpaired) electrons. The molecule has 1 amide bonds. The fourth-order valence-corrected chi connectivity index (χ4v) is 2.24. The Morgan fingerprint density at radius 1 is 1.53 bits per heavy atom. The first-order valence-corrected chi connectivity index (χ1v) is 6.53. The number of fused-ring (bicyclic) bond motifs is 1. The number of para-hydroxylation sites is 1. The third kappa shape index (κ3) is 3.38. The van der Waals surface area contributed by atoms with Crippen LogP contribution in [-0.2, 0) is 0 Å². The highest BCUT2D eigenvalue weighted by molar-refractivity contribution is 5.99. The summed E-state index contributed by atoms with van der Waals surface area (Å²) in [7, 11) is 3.97. The molecule has 0 fully saturated rings. The first kappa shape index (κ1) is 13.7. The van der Waals surface area contributed by atoms with Crippen molar-refractivity contribution < 1.29 is 9.53 Å². The monoisotopic (exact) mass is 263 g/mol. The molecule has 0 saturated heterocycles. The SMILES string of the molecule is CC(CN(C)C)NC(=O)c1cccc2c1OCCN2. The van der Waals surface area contributed by atoms with E-state index in [1.54, 1.807) is 6.07 Å². The van der Waals surface area contributed by atoms with Crippen molar-refractivity contribution in [2.24, 2.45) is 0 Å². The van der Waals surface area contributed by atoms with Crippen LogP contribution in [0.4, 0.5) is 5.69 Å². The fourth-order valence-electron chi connectivity index (χ4n) is 2.24. The molecule has 2 rings (SSSR count). The number of benzene rings is 1. The van der Waals surface area contributed by atoms with Crippen LogP contribution in [0.1, 0.15) is 17.3 Å². The van der Waals surface area contributed by atoms with E-state index in [0.717, 1.165) is 18.8 Å². The van der Waals surface area contributed by atoms with Crippen LogP contribution in [0.5, 0.6) is 5.75 Å². The van der Waals surface area contributed by atoms with Crippen molar-refractivity contribution in [3.8, 4) is 5.75 Å². The van der Waals surface area contributed by atoms with Gasteiger partial charge in [-0.3, -0.25) is 4.79 Å². The minimum atomic E-state index is -0.0881. The molecule has 5 heteroatoms. The molecular weight excluding hydrogens is 242 g/mol. The molecule has 0 bridgehead atoms. The molecule has 1 unspecified atom stereocenters. The lowest BCUT2D eigenvalue weighted by molar-refractivity contribution is 0.0930. The van der Waals surface area contributed by atoms with Crippen molar-refractivity contribution in [2.75, 3.05) is 39.1 Å². The summed E-state index contributed by atoms with van der Waals surface area (Å²) < 4.78 is 5.60. The summed E-state index contributed by atoms with van der Waals surface area (Å²) in [5.74, 6) is 0.568. The second-order valence-corrected chi connectivity index (χ2v) is 5.09. The lowest BCUT2D eigenvalue weighted by Crippen LogP contribution is -2.39. The Kier molecular flexibility index (Phi) is 4.27. The average Bonchev–Trinajstić information content (AvgIpc) is 2.36. The van der Waals surface area contributed by atoms with Crippen molar-refractivity contribution in [1.82, 2.24) is 10.2 Å². The molecule has 1 heterocycles. The zero-order valence-corrected chi connectivity index (χ0v) is 11.7. The van der Waals surface area contributed by atoms with E-state index in [1.807, 2.05) is 38.1 Å². The van der Waals surface area contributed by atoms with Gasteiger partial charge in [0.1, 0.15) is 6.61 Å². The number of hydrogen-bond acceptors (Lipinski definition) is 4. The van der Waals surface area contributed by atoms with E-state index in [9.17, 15) is 4.79 Å². The van der Waals surface area contributed by atoms with Gasteiger partial charge in [0.25, 0.3) is 5.91 Å². The number of nitrogens with zero attached hydrogens (tertiary/aromatic N) is 1. The van der Waals surface area contributed by atoms with Gasteiger partial charge in [-0.1, -0.05) is 6.07 Å². The Morgan fingerprint density at radius 3 is 3.05 bits per heavy atom. The fraction of sp³-hybridized carbons (Fsp3) is 0.500. The third-order valence-electron chi connectivity index (χ3n) is 2.94. The quantitative estimate of drug-likeness (QED) is 0.856. The Morgan fingerprint density at radius 2 is 2.32 bits per heavy atom. The van der Waals surface area contributed by atoms with Crippen molar-refractivity contribution >= 4 is 11.6 Å². The van der Waals surface area contributed by atoms with Crippen LogP contribution in [0.2, 0.25) is 0 Å². The zero-order chi connectivity index (χ0) is 13.8. The normalized spacial score (nSPS) is 15.2. The number of carbonyl (C=O) groups excluding carboxylic acids is 1. The van der Waals surface area contributed by atoms with Gasteiger partial charge in [-0.2, -0.15) is 0 Å². The molecule has 19 heavy (non-hydrogen) atoms. The van der Waals surface area contributed by atoms with E-state index in [4.69, 9.17) is 4.74 Å². The topological polar surface area (TPSA) is 53.6 Å². The molecule has 0 aromatic heterocycles. The zero-order valence-electron chi connectivity index (χ0n) is 11.7. The van der Waals surface area contributed by atoms with E-state index in [1.165, 1.54) is 0 Å². The lowest BCUT2D eigenvalue weighted by atomic mass is 10.1. The highest BCUT2D eigenvalue weighted by atomic mass is 16.5. The van der Waals surface area contributed by atoms with Crippen LogP contribution >= 0.6 is 0 Å². The molecule has 1 aromatic rings. The summed E-state index contributed by atoms with van der Waals surface area (Å²) >= 11 is 0. The van der Waals surface area contributed by atoms with E-state index >= 15 is 0 Å². The van der Waals surface area contributed by atoms with Crippen molar-refractivity contribution in [3.63, 3.8) is 0 Å². The summed E-state index contributed by atoms with van der Waals surface area (Å²) in [6.07, 6.45) is 0. The molecule has 1 aromatic carbocycles. The molecule has 104 valence electrons. The Labute approximate surface area is 113 Å². The number of rotatable bonds is 4. The van der Waals surface area contributed by atoms with E-state index in [0.29, 0.717) is 17.9 Å². The molecule has 0 spiro atoms. The second-order valence-electron chi connectivity index (χ2n) is 5.09. The maximum Gasteiger partial charge on any atom is 0.255 e. The number of amides is 1. The minimum absolute atomic E-state index is 0.0881. The smallest absolute Gasteiger partial charge is 0.255 e. The Balaban J connectivity index is 2.11. The number of carbonyl (C=O) groups is 1. The van der Waals surface area contributed by atoms with E-state index in [2.05, 4.69) is 10.6 Å². The van der Waals surface area contributed by atoms with Gasteiger partial charge in [0.2, 0.25) is 0 Å². The summed E-state index contributed by atoms with van der Waals surface area (Å²) in [4.78, 5) is 14.3. The molecule has 0 aliphatic carbocycles. The van der Waals surface area contributed by atoms with E-state index in [-0.39, 0.29) is 11.9 Å². The van der Waals surface area contributed by atoms with Crippen LogP contribution in [0.25, 0.3) is 0 Å². The maximum absolute atomic E-state index is 12.3. The molecule has 0 saturated carbocycles. The average molecular weight is 263 g/mol. The number of ether oxygens (including phenoxy) is 1. The largest absolute Gasteiger partial charge is 0.489 e. The van der Waals surface area contributed by atoms with Crippen molar-refractivity contribution in [3.05, 3.63) is 23.8 Å². The summed E-state index contributed by atoms with van der Waals surface area (Å²) in [6, 6.07) is 5.68. The van der Waals surface area contributed by atoms with Gasteiger partial charge < -0.3 is 20.3 Å². The van der Waals surface area contributed by atoms with Gasteiger partial charge in [0.15, 0.2) is 5.75 Å². The predicted octanol–water partition coefficient (Wildman–Crippen LogP) is 1.17. The standard InChI is InChI=1S/C14H21N3O2/c1-10(9-17(2)3)16-14(18)11-5-4-6-12-13(11)19-8-7-15-12/h4-6,10,15H,7-9H2,1-3H3,(H,16,18). The van der Waals surface area contributed by atoms with Crippen LogP contribution in [0.15, 0.2) is 18.2 Å². The summed E-state index contributed by atoms with van der Waals surface area (Å²) in [5, 5.41) is 6.22. The Hall–Kier alpha value is -1.75. The summed E-state index contributed by atoms with van der Waals surface area (Å²) in [6.45, 7) is 4.16. The van der Waals surface area contributed by atoms with Gasteiger partial charge in [0, 0.05) is 19.1 Å². The van der Waals surface area contributed by atoms with Gasteiger partial charge in [-0.05, 0) is 33.2 Å². The van der Waals surface area contributed by atoms with E-state index < -0.39 is 0 Å². The van der Waals surface area contributed by atoms with Crippen LogP contribution in [-0.4, -0.2) is 50.6 Å².